The smallest absolute Gasteiger partial charge is 0.241 e. The molecule has 6 heteroatoms. The van der Waals surface area contributed by atoms with Gasteiger partial charge in [0, 0.05) is 11.4 Å². The first-order valence-electron chi connectivity index (χ1n) is 7.42. The van der Waals surface area contributed by atoms with Crippen molar-refractivity contribution in [1.29, 1.82) is 0 Å². The number of aryl methyl sites for hydroxylation is 2. The van der Waals surface area contributed by atoms with Gasteiger partial charge in [-0.25, -0.2) is 9.07 Å². The van der Waals surface area contributed by atoms with E-state index in [-0.39, 0.29) is 11.9 Å². The molecule has 2 N–H and O–H groups in total. The van der Waals surface area contributed by atoms with Crippen LogP contribution >= 0.6 is 0 Å². The van der Waals surface area contributed by atoms with Crippen molar-refractivity contribution in [2.75, 3.05) is 11.9 Å². The molecule has 116 valence electrons. The first kappa shape index (κ1) is 14.7. The maximum atomic E-state index is 14.3. The van der Waals surface area contributed by atoms with E-state index in [1.165, 1.54) is 6.07 Å². The standard InChI is InChI=1S/C16H19FN4O/c1-10-8-11(2)21(20-10)15-6-5-12(9-13(15)17)19-16(22)14-4-3-7-18-14/h5-6,8-9,14,18H,3-4,7H2,1-2H3,(H,19,22). The van der Waals surface area contributed by atoms with Crippen LogP contribution in [0, 0.1) is 19.7 Å². The highest BCUT2D eigenvalue weighted by atomic mass is 19.1. The lowest BCUT2D eigenvalue weighted by Gasteiger charge is -2.12. The number of amides is 1. The summed E-state index contributed by atoms with van der Waals surface area (Å²) in [6, 6.07) is 6.37. The first-order valence-corrected chi connectivity index (χ1v) is 7.42. The maximum absolute atomic E-state index is 14.3. The van der Waals surface area contributed by atoms with Gasteiger partial charge in [-0.1, -0.05) is 0 Å². The molecule has 3 rings (SSSR count). The van der Waals surface area contributed by atoms with Crippen LogP contribution in [0.15, 0.2) is 24.3 Å². The van der Waals surface area contributed by atoms with Crippen LogP contribution in [0.25, 0.3) is 5.69 Å². The van der Waals surface area contributed by atoms with E-state index in [0.717, 1.165) is 30.8 Å². The van der Waals surface area contributed by atoms with Crippen molar-refractivity contribution < 1.29 is 9.18 Å². The number of hydrogen-bond donors (Lipinski definition) is 2. The highest BCUT2D eigenvalue weighted by molar-refractivity contribution is 5.95. The first-order chi connectivity index (χ1) is 10.5. The normalized spacial score (nSPS) is 17.7. The molecule has 1 unspecified atom stereocenters. The lowest BCUT2D eigenvalue weighted by molar-refractivity contribution is -0.117. The van der Waals surface area contributed by atoms with Gasteiger partial charge in [0.05, 0.1) is 11.7 Å². The van der Waals surface area contributed by atoms with Crippen molar-refractivity contribution in [3.63, 3.8) is 0 Å². The molecule has 1 aliphatic heterocycles. The number of carbonyl (C=O) groups is 1. The second-order valence-electron chi connectivity index (χ2n) is 5.64. The molecule has 1 aromatic heterocycles. The summed E-state index contributed by atoms with van der Waals surface area (Å²) in [5.74, 6) is -0.529. The van der Waals surface area contributed by atoms with Crippen molar-refractivity contribution >= 4 is 11.6 Å². The number of nitrogens with zero attached hydrogens (tertiary/aromatic N) is 2. The van der Waals surface area contributed by atoms with E-state index < -0.39 is 5.82 Å². The van der Waals surface area contributed by atoms with Crippen molar-refractivity contribution in [2.45, 2.75) is 32.7 Å². The topological polar surface area (TPSA) is 59.0 Å². The molecule has 0 spiro atoms. The van der Waals surface area contributed by atoms with Crippen LogP contribution in [0.5, 0.6) is 0 Å². The Balaban J connectivity index is 1.80. The summed E-state index contributed by atoms with van der Waals surface area (Å²) < 4.78 is 15.9. The Labute approximate surface area is 128 Å². The van der Waals surface area contributed by atoms with Crippen molar-refractivity contribution in [2.24, 2.45) is 0 Å². The zero-order valence-electron chi connectivity index (χ0n) is 12.7. The second kappa shape index (κ2) is 5.88. The summed E-state index contributed by atoms with van der Waals surface area (Å²) in [5.41, 5.74) is 2.54. The van der Waals surface area contributed by atoms with Crippen LogP contribution in [0.3, 0.4) is 0 Å². The van der Waals surface area contributed by atoms with Gasteiger partial charge in [-0.3, -0.25) is 4.79 Å². The number of benzene rings is 1. The van der Waals surface area contributed by atoms with Gasteiger partial charge in [0.1, 0.15) is 5.69 Å². The van der Waals surface area contributed by atoms with Gasteiger partial charge in [0.2, 0.25) is 5.91 Å². The van der Waals surface area contributed by atoms with Crippen molar-refractivity contribution in [3.8, 4) is 5.69 Å². The Kier molecular flexibility index (Phi) is 3.94. The third-order valence-corrected chi connectivity index (χ3v) is 3.83. The lowest BCUT2D eigenvalue weighted by atomic mass is 10.2. The van der Waals surface area contributed by atoms with E-state index in [4.69, 9.17) is 0 Å². The minimum atomic E-state index is -0.414. The largest absolute Gasteiger partial charge is 0.325 e. The molecule has 0 bridgehead atoms. The molecule has 5 nitrogen and oxygen atoms in total. The minimum Gasteiger partial charge on any atom is -0.325 e. The molecule has 2 heterocycles. The van der Waals surface area contributed by atoms with Gasteiger partial charge in [-0.05, 0) is 57.5 Å². The van der Waals surface area contributed by atoms with Crippen LogP contribution in [0.1, 0.15) is 24.2 Å². The predicted molar refractivity (Wildman–Crippen MR) is 82.7 cm³/mol. The van der Waals surface area contributed by atoms with Gasteiger partial charge in [-0.15, -0.1) is 0 Å². The summed E-state index contributed by atoms with van der Waals surface area (Å²) in [6.45, 7) is 4.59. The molecule has 2 aromatic rings. The fraction of sp³-hybridized carbons (Fsp3) is 0.375. The average Bonchev–Trinajstić information content (AvgIpc) is 3.09. The molecule has 1 saturated heterocycles. The molecular formula is C16H19FN4O. The van der Waals surface area contributed by atoms with Gasteiger partial charge in [0.25, 0.3) is 0 Å². The fourth-order valence-corrected chi connectivity index (χ4v) is 2.77. The Bertz CT molecular complexity index is 704. The van der Waals surface area contributed by atoms with Crippen LogP contribution in [0.2, 0.25) is 0 Å². The highest BCUT2D eigenvalue weighted by Crippen LogP contribution is 2.20. The summed E-state index contributed by atoms with van der Waals surface area (Å²) >= 11 is 0. The molecule has 1 aliphatic rings. The summed E-state index contributed by atoms with van der Waals surface area (Å²) in [7, 11) is 0. The summed E-state index contributed by atoms with van der Waals surface area (Å²) in [6.07, 6.45) is 1.81. The van der Waals surface area contributed by atoms with E-state index in [9.17, 15) is 9.18 Å². The molecule has 1 fully saturated rings. The zero-order chi connectivity index (χ0) is 15.7. The van der Waals surface area contributed by atoms with E-state index in [2.05, 4.69) is 15.7 Å². The molecule has 0 aliphatic carbocycles. The minimum absolute atomic E-state index is 0.115. The molecule has 0 radical (unpaired) electrons. The number of carbonyl (C=O) groups excluding carboxylic acids is 1. The van der Waals surface area contributed by atoms with Crippen molar-refractivity contribution in [3.05, 3.63) is 41.5 Å². The van der Waals surface area contributed by atoms with Gasteiger partial charge in [0.15, 0.2) is 5.82 Å². The number of hydrogen-bond acceptors (Lipinski definition) is 3. The number of anilines is 1. The molecule has 22 heavy (non-hydrogen) atoms. The molecule has 1 amide bonds. The SMILES string of the molecule is Cc1cc(C)n(-c2ccc(NC(=O)C3CCCN3)cc2F)n1. The fourth-order valence-electron chi connectivity index (χ4n) is 2.77. The number of halogens is 1. The zero-order valence-corrected chi connectivity index (χ0v) is 12.7. The summed E-state index contributed by atoms with van der Waals surface area (Å²) in [5, 5.41) is 10.1. The second-order valence-corrected chi connectivity index (χ2v) is 5.64. The van der Waals surface area contributed by atoms with E-state index in [1.54, 1.807) is 16.8 Å². The molecule has 0 saturated carbocycles. The molecular weight excluding hydrogens is 283 g/mol. The van der Waals surface area contributed by atoms with Gasteiger partial charge >= 0.3 is 0 Å². The quantitative estimate of drug-likeness (QED) is 0.915. The third kappa shape index (κ3) is 2.87. The Morgan fingerprint density at radius 1 is 1.41 bits per heavy atom. The predicted octanol–water partition coefficient (Wildman–Crippen LogP) is 2.32. The number of nitrogens with one attached hydrogen (secondary N) is 2. The Hall–Kier alpha value is -2.21. The van der Waals surface area contributed by atoms with Crippen molar-refractivity contribution in [1.82, 2.24) is 15.1 Å². The monoisotopic (exact) mass is 302 g/mol. The van der Waals surface area contributed by atoms with Gasteiger partial charge < -0.3 is 10.6 Å². The summed E-state index contributed by atoms with van der Waals surface area (Å²) in [4.78, 5) is 12.0. The molecule has 1 aromatic carbocycles. The average molecular weight is 302 g/mol. The highest BCUT2D eigenvalue weighted by Gasteiger charge is 2.22. The lowest BCUT2D eigenvalue weighted by Crippen LogP contribution is -2.35. The Morgan fingerprint density at radius 3 is 2.82 bits per heavy atom. The Morgan fingerprint density at radius 2 is 2.23 bits per heavy atom. The van der Waals surface area contributed by atoms with E-state index in [1.807, 2.05) is 19.9 Å². The van der Waals surface area contributed by atoms with Crippen LogP contribution in [0.4, 0.5) is 10.1 Å². The number of aromatic nitrogens is 2. The van der Waals surface area contributed by atoms with Crippen LogP contribution < -0.4 is 10.6 Å². The van der Waals surface area contributed by atoms with Gasteiger partial charge in [-0.2, -0.15) is 5.10 Å². The van der Waals surface area contributed by atoms with Crippen LogP contribution in [-0.2, 0) is 4.79 Å². The third-order valence-electron chi connectivity index (χ3n) is 3.83. The van der Waals surface area contributed by atoms with E-state index >= 15 is 0 Å². The van der Waals surface area contributed by atoms with Crippen LogP contribution in [-0.4, -0.2) is 28.3 Å². The molecule has 1 atom stereocenters. The maximum Gasteiger partial charge on any atom is 0.241 e. The van der Waals surface area contributed by atoms with E-state index in [0.29, 0.717) is 11.4 Å². The number of rotatable bonds is 3.